The van der Waals surface area contributed by atoms with Gasteiger partial charge in [-0.15, -0.1) is 0 Å². The number of aliphatic carboxylic acids is 2. The van der Waals surface area contributed by atoms with Crippen molar-refractivity contribution in [3.8, 4) is 11.5 Å². The number of carbonyl (C=O) groups excluding carboxylic acids is 2. The van der Waals surface area contributed by atoms with E-state index in [0.717, 1.165) is 4.90 Å². The van der Waals surface area contributed by atoms with Crippen LogP contribution in [-0.4, -0.2) is 56.6 Å². The lowest BCUT2D eigenvalue weighted by molar-refractivity contribution is -0.156. The number of phenolic OH excluding ortho intramolecular Hbond substituents is 1. The molecule has 0 bridgehead atoms. The molecule has 2 fully saturated rings. The van der Waals surface area contributed by atoms with E-state index in [1.165, 1.54) is 25.3 Å². The van der Waals surface area contributed by atoms with Crippen molar-refractivity contribution in [1.82, 2.24) is 10.2 Å². The number of benzene rings is 2. The van der Waals surface area contributed by atoms with Crippen LogP contribution >= 0.6 is 0 Å². The molecule has 2 amide bonds. The molecule has 0 aliphatic carbocycles. The zero-order valence-corrected chi connectivity index (χ0v) is 17.6. The first-order valence-electron chi connectivity index (χ1n) is 10.2. The fraction of sp³-hybridized carbons (Fsp3) is 0.304. The largest absolute Gasteiger partial charge is 0.504 e. The summed E-state index contributed by atoms with van der Waals surface area (Å²) in [6, 6.07) is 12.0. The predicted molar refractivity (Wildman–Crippen MR) is 112 cm³/mol. The molecule has 2 aromatic rings. The highest BCUT2D eigenvalue weighted by atomic mass is 16.5. The molecule has 2 aromatic carbocycles. The van der Waals surface area contributed by atoms with Gasteiger partial charge in [0.2, 0.25) is 11.8 Å². The second-order valence-electron chi connectivity index (χ2n) is 8.15. The van der Waals surface area contributed by atoms with Crippen LogP contribution in [0, 0.1) is 11.8 Å². The lowest BCUT2D eigenvalue weighted by Gasteiger charge is -2.29. The van der Waals surface area contributed by atoms with E-state index in [1.54, 1.807) is 30.3 Å². The average Bonchev–Trinajstić information content (AvgIpc) is 3.24. The monoisotopic (exact) mass is 454 g/mol. The summed E-state index contributed by atoms with van der Waals surface area (Å²) in [5.41, 5.74) is -1.13. The molecule has 172 valence electrons. The van der Waals surface area contributed by atoms with Gasteiger partial charge in [-0.1, -0.05) is 36.4 Å². The quantitative estimate of drug-likeness (QED) is 0.451. The van der Waals surface area contributed by atoms with Gasteiger partial charge in [0.1, 0.15) is 5.54 Å². The zero-order valence-electron chi connectivity index (χ0n) is 17.6. The van der Waals surface area contributed by atoms with Crippen LogP contribution in [0.4, 0.5) is 0 Å². The summed E-state index contributed by atoms with van der Waals surface area (Å²) in [6.45, 7) is -0.0557. The molecule has 0 saturated carbocycles. The number of imide groups is 1. The van der Waals surface area contributed by atoms with E-state index in [4.69, 9.17) is 4.74 Å². The van der Waals surface area contributed by atoms with Crippen LogP contribution in [0.3, 0.4) is 0 Å². The smallest absolute Gasteiger partial charge is 0.325 e. The van der Waals surface area contributed by atoms with E-state index in [-0.39, 0.29) is 18.0 Å². The number of carbonyl (C=O) groups is 4. The molecule has 2 aliphatic heterocycles. The Bertz CT molecular complexity index is 1130. The van der Waals surface area contributed by atoms with Gasteiger partial charge in [0.25, 0.3) is 0 Å². The van der Waals surface area contributed by atoms with E-state index < -0.39 is 53.6 Å². The number of likely N-dealkylation sites (tertiary alicyclic amines) is 1. The SMILES string of the molecule is COc1cc(C2NC(CC(=O)O)(C(=O)O)C3C(=O)N(Cc4ccccc4)C(=O)C23)ccc1O. The van der Waals surface area contributed by atoms with Crippen LogP contribution < -0.4 is 10.1 Å². The zero-order chi connectivity index (χ0) is 23.9. The Kier molecular flexibility index (Phi) is 5.54. The lowest BCUT2D eigenvalue weighted by atomic mass is 9.77. The summed E-state index contributed by atoms with van der Waals surface area (Å²) < 4.78 is 5.12. The molecule has 0 radical (unpaired) electrons. The van der Waals surface area contributed by atoms with E-state index in [9.17, 15) is 34.5 Å². The number of hydrogen-bond donors (Lipinski definition) is 4. The molecular weight excluding hydrogens is 432 g/mol. The number of carboxylic acids is 2. The first-order valence-corrected chi connectivity index (χ1v) is 10.2. The number of aromatic hydroxyl groups is 1. The minimum atomic E-state index is -2.19. The van der Waals surface area contributed by atoms with Crippen molar-refractivity contribution in [2.45, 2.75) is 24.5 Å². The molecule has 2 heterocycles. The van der Waals surface area contributed by atoms with Gasteiger partial charge in [0.05, 0.1) is 31.9 Å². The Morgan fingerprint density at radius 1 is 1.09 bits per heavy atom. The molecule has 0 spiro atoms. The number of methoxy groups -OCH3 is 1. The fourth-order valence-corrected chi connectivity index (χ4v) is 4.83. The van der Waals surface area contributed by atoms with Crippen molar-refractivity contribution in [1.29, 1.82) is 0 Å². The summed E-state index contributed by atoms with van der Waals surface area (Å²) in [6.07, 6.45) is -0.895. The number of phenols is 1. The molecule has 4 atom stereocenters. The van der Waals surface area contributed by atoms with Crippen LogP contribution in [0.1, 0.15) is 23.6 Å². The Labute approximate surface area is 188 Å². The van der Waals surface area contributed by atoms with Crippen LogP contribution in [0.2, 0.25) is 0 Å². The number of hydrogen-bond acceptors (Lipinski definition) is 7. The summed E-state index contributed by atoms with van der Waals surface area (Å²) in [4.78, 5) is 51.9. The molecule has 4 unspecified atom stereocenters. The molecule has 10 heteroatoms. The third-order valence-electron chi connectivity index (χ3n) is 6.30. The first kappa shape index (κ1) is 22.3. The standard InChI is InChI=1S/C23H22N2O8/c1-33-15-9-13(7-8-14(15)26)19-17-18(23(24-19,22(31)32)10-16(27)28)21(30)25(20(17)29)11-12-5-3-2-4-6-12/h2-9,17-19,24,26H,10-11H2,1H3,(H,27,28)(H,31,32). The van der Waals surface area contributed by atoms with Crippen LogP contribution in [0.25, 0.3) is 0 Å². The molecule has 4 N–H and O–H groups in total. The topological polar surface area (TPSA) is 153 Å². The van der Waals surface area contributed by atoms with E-state index in [1.807, 2.05) is 0 Å². The second-order valence-corrected chi connectivity index (χ2v) is 8.15. The van der Waals surface area contributed by atoms with Gasteiger partial charge >= 0.3 is 11.9 Å². The Morgan fingerprint density at radius 2 is 1.79 bits per heavy atom. The van der Waals surface area contributed by atoms with Crippen molar-refractivity contribution in [2.24, 2.45) is 11.8 Å². The van der Waals surface area contributed by atoms with Crippen LogP contribution in [0.15, 0.2) is 48.5 Å². The van der Waals surface area contributed by atoms with E-state index in [0.29, 0.717) is 11.1 Å². The van der Waals surface area contributed by atoms with Crippen LogP contribution in [-0.2, 0) is 25.7 Å². The summed E-state index contributed by atoms with van der Waals surface area (Å²) >= 11 is 0. The number of rotatable bonds is 7. The average molecular weight is 454 g/mol. The van der Waals surface area contributed by atoms with Gasteiger partial charge in [-0.2, -0.15) is 0 Å². The summed E-state index contributed by atoms with van der Waals surface area (Å²) in [7, 11) is 1.33. The van der Waals surface area contributed by atoms with Crippen molar-refractivity contribution >= 4 is 23.8 Å². The molecule has 10 nitrogen and oxygen atoms in total. The maximum absolute atomic E-state index is 13.4. The third kappa shape index (κ3) is 3.58. The van der Waals surface area contributed by atoms with Crippen molar-refractivity contribution in [3.05, 3.63) is 59.7 Å². The maximum atomic E-state index is 13.4. The molecule has 4 rings (SSSR count). The van der Waals surface area contributed by atoms with Gasteiger partial charge in [-0.3, -0.25) is 29.4 Å². The molecular formula is C23H22N2O8. The highest BCUT2D eigenvalue weighted by molar-refractivity contribution is 6.10. The Balaban J connectivity index is 1.82. The van der Waals surface area contributed by atoms with E-state index in [2.05, 4.69) is 5.32 Å². The number of fused-ring (bicyclic) bond motifs is 1. The Morgan fingerprint density at radius 3 is 2.39 bits per heavy atom. The minimum Gasteiger partial charge on any atom is -0.504 e. The molecule has 2 aliphatic rings. The van der Waals surface area contributed by atoms with Gasteiger partial charge in [-0.05, 0) is 23.3 Å². The fourth-order valence-electron chi connectivity index (χ4n) is 4.83. The maximum Gasteiger partial charge on any atom is 0.325 e. The predicted octanol–water partition coefficient (Wildman–Crippen LogP) is 1.14. The first-order chi connectivity index (χ1) is 15.7. The highest BCUT2D eigenvalue weighted by Gasteiger charge is 2.69. The highest BCUT2D eigenvalue weighted by Crippen LogP contribution is 2.51. The van der Waals surface area contributed by atoms with Gasteiger partial charge in [0.15, 0.2) is 11.5 Å². The van der Waals surface area contributed by atoms with E-state index >= 15 is 0 Å². The van der Waals surface area contributed by atoms with Gasteiger partial charge < -0.3 is 20.1 Å². The summed E-state index contributed by atoms with van der Waals surface area (Å²) in [5.74, 6) is -6.92. The Hall–Kier alpha value is -3.92. The molecule has 2 saturated heterocycles. The number of amides is 2. The normalized spacial score (nSPS) is 26.3. The molecule has 0 aromatic heterocycles. The van der Waals surface area contributed by atoms with Crippen LogP contribution in [0.5, 0.6) is 11.5 Å². The van der Waals surface area contributed by atoms with Crippen molar-refractivity contribution in [2.75, 3.05) is 7.11 Å². The third-order valence-corrected chi connectivity index (χ3v) is 6.30. The number of carboxylic acid groups (broad SMARTS) is 2. The van der Waals surface area contributed by atoms with Gasteiger partial charge in [-0.25, -0.2) is 0 Å². The number of ether oxygens (including phenoxy) is 1. The van der Waals surface area contributed by atoms with Crippen molar-refractivity contribution in [3.63, 3.8) is 0 Å². The minimum absolute atomic E-state index is 0.0557. The van der Waals surface area contributed by atoms with Gasteiger partial charge in [0, 0.05) is 6.04 Å². The molecule has 33 heavy (non-hydrogen) atoms. The number of nitrogens with one attached hydrogen (secondary N) is 1. The van der Waals surface area contributed by atoms with Crippen molar-refractivity contribution < 1.29 is 39.2 Å². The lowest BCUT2D eigenvalue weighted by Crippen LogP contribution is -2.56. The summed E-state index contributed by atoms with van der Waals surface area (Å²) in [5, 5.41) is 32.3. The second kappa shape index (κ2) is 8.21. The number of nitrogens with zero attached hydrogens (tertiary/aromatic N) is 1.